The van der Waals surface area contributed by atoms with E-state index in [9.17, 15) is 0 Å². The molecule has 0 aliphatic rings. The predicted octanol–water partition coefficient (Wildman–Crippen LogP) is 4.54. The third-order valence-corrected chi connectivity index (χ3v) is 4.00. The van der Waals surface area contributed by atoms with E-state index in [1.807, 2.05) is 12.1 Å². The minimum absolute atomic E-state index is 0.295. The first-order valence-corrected chi connectivity index (χ1v) is 7.63. The summed E-state index contributed by atoms with van der Waals surface area (Å²) in [7, 11) is 1.73. The molecule has 2 heteroatoms. The largest absolute Gasteiger partial charge is 0.496 e. The van der Waals surface area contributed by atoms with Gasteiger partial charge in [-0.05, 0) is 37.4 Å². The third-order valence-electron chi connectivity index (χ3n) is 4.00. The summed E-state index contributed by atoms with van der Waals surface area (Å²) >= 11 is 0. The number of nitrogens with one attached hydrogen (secondary N) is 1. The van der Waals surface area contributed by atoms with Crippen molar-refractivity contribution < 1.29 is 4.74 Å². The Bertz CT molecular complexity index is 538. The Morgan fingerprint density at radius 2 is 1.62 bits per heavy atom. The first kappa shape index (κ1) is 15.6. The summed E-state index contributed by atoms with van der Waals surface area (Å²) in [5.74, 6) is 1.53. The van der Waals surface area contributed by atoms with Crippen molar-refractivity contribution in [3.63, 3.8) is 0 Å². The molecule has 0 aliphatic carbocycles. The maximum Gasteiger partial charge on any atom is 0.123 e. The fourth-order valence-corrected chi connectivity index (χ4v) is 2.60. The lowest BCUT2D eigenvalue weighted by molar-refractivity contribution is 0.401. The van der Waals surface area contributed by atoms with Gasteiger partial charge in [0, 0.05) is 11.6 Å². The number of para-hydroxylation sites is 1. The Kier molecular flexibility index (Phi) is 5.82. The monoisotopic (exact) mass is 283 g/mol. The van der Waals surface area contributed by atoms with E-state index >= 15 is 0 Å². The van der Waals surface area contributed by atoms with E-state index in [1.165, 1.54) is 11.1 Å². The van der Waals surface area contributed by atoms with Crippen molar-refractivity contribution in [1.82, 2.24) is 5.32 Å². The Morgan fingerprint density at radius 3 is 2.33 bits per heavy atom. The van der Waals surface area contributed by atoms with Crippen LogP contribution in [0.15, 0.2) is 54.6 Å². The molecule has 0 saturated carbocycles. The minimum Gasteiger partial charge on any atom is -0.496 e. The summed E-state index contributed by atoms with van der Waals surface area (Å²) < 4.78 is 5.42. The molecule has 0 heterocycles. The fourth-order valence-electron chi connectivity index (χ4n) is 2.60. The Hall–Kier alpha value is -1.80. The molecular formula is C19H25NO. The maximum atomic E-state index is 5.42. The molecule has 0 amide bonds. The molecule has 2 rings (SSSR count). The summed E-state index contributed by atoms with van der Waals surface area (Å²) in [5, 5.41) is 3.59. The highest BCUT2D eigenvalue weighted by molar-refractivity contribution is 5.35. The molecule has 0 fully saturated rings. The van der Waals surface area contributed by atoms with Crippen molar-refractivity contribution in [1.29, 1.82) is 0 Å². The first-order valence-electron chi connectivity index (χ1n) is 7.63. The van der Waals surface area contributed by atoms with Gasteiger partial charge in [-0.1, -0.05) is 55.5 Å². The number of benzene rings is 2. The maximum absolute atomic E-state index is 5.42. The second kappa shape index (κ2) is 7.84. The van der Waals surface area contributed by atoms with Crippen molar-refractivity contribution >= 4 is 0 Å². The van der Waals surface area contributed by atoms with E-state index in [4.69, 9.17) is 4.74 Å². The SMILES string of the molecule is COc1ccccc1[C@H](C)NCCC(C)c1ccccc1. The van der Waals surface area contributed by atoms with Gasteiger partial charge in [-0.15, -0.1) is 0 Å². The van der Waals surface area contributed by atoms with Gasteiger partial charge < -0.3 is 10.1 Å². The summed E-state index contributed by atoms with van der Waals surface area (Å²) in [4.78, 5) is 0. The van der Waals surface area contributed by atoms with Gasteiger partial charge in [0.05, 0.1) is 7.11 Å². The number of hydrogen-bond donors (Lipinski definition) is 1. The highest BCUT2D eigenvalue weighted by atomic mass is 16.5. The molecular weight excluding hydrogens is 258 g/mol. The van der Waals surface area contributed by atoms with Crippen LogP contribution in [-0.4, -0.2) is 13.7 Å². The summed E-state index contributed by atoms with van der Waals surface area (Å²) in [6.07, 6.45) is 1.13. The molecule has 1 unspecified atom stereocenters. The zero-order chi connectivity index (χ0) is 15.1. The molecule has 21 heavy (non-hydrogen) atoms. The van der Waals surface area contributed by atoms with Gasteiger partial charge in [0.25, 0.3) is 0 Å². The lowest BCUT2D eigenvalue weighted by atomic mass is 9.97. The van der Waals surface area contributed by atoms with Crippen molar-refractivity contribution in [2.24, 2.45) is 0 Å². The zero-order valence-electron chi connectivity index (χ0n) is 13.2. The average molecular weight is 283 g/mol. The van der Waals surface area contributed by atoms with Gasteiger partial charge in [0.1, 0.15) is 5.75 Å². The van der Waals surface area contributed by atoms with Crippen molar-refractivity contribution in [2.75, 3.05) is 13.7 Å². The first-order chi connectivity index (χ1) is 10.2. The van der Waals surface area contributed by atoms with E-state index in [1.54, 1.807) is 7.11 Å². The van der Waals surface area contributed by atoms with Crippen LogP contribution in [0.3, 0.4) is 0 Å². The topological polar surface area (TPSA) is 21.3 Å². The van der Waals surface area contributed by atoms with Gasteiger partial charge in [-0.3, -0.25) is 0 Å². The number of methoxy groups -OCH3 is 1. The molecule has 0 bridgehead atoms. The van der Waals surface area contributed by atoms with Gasteiger partial charge in [-0.2, -0.15) is 0 Å². The van der Waals surface area contributed by atoms with Gasteiger partial charge >= 0.3 is 0 Å². The van der Waals surface area contributed by atoms with E-state index in [2.05, 4.69) is 61.6 Å². The molecule has 0 aliphatic heterocycles. The molecule has 2 aromatic carbocycles. The molecule has 2 aromatic rings. The third kappa shape index (κ3) is 4.33. The van der Waals surface area contributed by atoms with Crippen LogP contribution < -0.4 is 10.1 Å². The molecule has 2 atom stereocenters. The van der Waals surface area contributed by atoms with Crippen molar-refractivity contribution in [2.45, 2.75) is 32.2 Å². The predicted molar refractivity (Wildman–Crippen MR) is 88.9 cm³/mol. The van der Waals surface area contributed by atoms with Crippen LogP contribution in [0.1, 0.15) is 43.4 Å². The summed E-state index contributed by atoms with van der Waals surface area (Å²) in [6, 6.07) is 19.2. The van der Waals surface area contributed by atoms with Gasteiger partial charge in [0.15, 0.2) is 0 Å². The lowest BCUT2D eigenvalue weighted by Gasteiger charge is -2.19. The van der Waals surface area contributed by atoms with Crippen molar-refractivity contribution in [3.8, 4) is 5.75 Å². The molecule has 0 radical (unpaired) electrons. The van der Waals surface area contributed by atoms with Crippen LogP contribution >= 0.6 is 0 Å². The molecule has 112 valence electrons. The number of hydrogen-bond acceptors (Lipinski definition) is 2. The second-order valence-electron chi connectivity index (χ2n) is 5.52. The molecule has 0 spiro atoms. The normalized spacial score (nSPS) is 13.7. The molecule has 0 aromatic heterocycles. The van der Waals surface area contributed by atoms with E-state index in [0.29, 0.717) is 12.0 Å². The minimum atomic E-state index is 0.295. The molecule has 2 nitrogen and oxygen atoms in total. The fraction of sp³-hybridized carbons (Fsp3) is 0.368. The van der Waals surface area contributed by atoms with E-state index in [0.717, 1.165) is 18.7 Å². The second-order valence-corrected chi connectivity index (χ2v) is 5.52. The Balaban J connectivity index is 1.86. The molecule has 1 N–H and O–H groups in total. The lowest BCUT2D eigenvalue weighted by Crippen LogP contribution is -2.21. The highest BCUT2D eigenvalue weighted by Gasteiger charge is 2.11. The average Bonchev–Trinajstić information content (AvgIpc) is 2.55. The smallest absolute Gasteiger partial charge is 0.123 e. The quantitative estimate of drug-likeness (QED) is 0.805. The number of rotatable bonds is 7. The Morgan fingerprint density at radius 1 is 0.952 bits per heavy atom. The summed E-state index contributed by atoms with van der Waals surface area (Å²) in [5.41, 5.74) is 2.62. The van der Waals surface area contributed by atoms with Gasteiger partial charge in [0.2, 0.25) is 0 Å². The highest BCUT2D eigenvalue weighted by Crippen LogP contribution is 2.25. The van der Waals surface area contributed by atoms with Crippen LogP contribution in [0, 0.1) is 0 Å². The van der Waals surface area contributed by atoms with E-state index < -0.39 is 0 Å². The molecule has 0 saturated heterocycles. The van der Waals surface area contributed by atoms with Crippen LogP contribution in [0.25, 0.3) is 0 Å². The Labute approximate surface area is 128 Å². The summed E-state index contributed by atoms with van der Waals surface area (Å²) in [6.45, 7) is 5.46. The van der Waals surface area contributed by atoms with Gasteiger partial charge in [-0.25, -0.2) is 0 Å². The van der Waals surface area contributed by atoms with Crippen LogP contribution in [0.4, 0.5) is 0 Å². The zero-order valence-corrected chi connectivity index (χ0v) is 13.2. The van der Waals surface area contributed by atoms with Crippen LogP contribution in [0.5, 0.6) is 5.75 Å². The van der Waals surface area contributed by atoms with Crippen LogP contribution in [0.2, 0.25) is 0 Å². The standard InChI is InChI=1S/C19H25NO/c1-15(17-9-5-4-6-10-17)13-14-20-16(2)18-11-7-8-12-19(18)21-3/h4-12,15-16,20H,13-14H2,1-3H3/t15?,16-/m0/s1. The van der Waals surface area contributed by atoms with E-state index in [-0.39, 0.29) is 0 Å². The van der Waals surface area contributed by atoms with Crippen molar-refractivity contribution in [3.05, 3.63) is 65.7 Å². The number of ether oxygens (including phenoxy) is 1. The van der Waals surface area contributed by atoms with Crippen LogP contribution in [-0.2, 0) is 0 Å².